The van der Waals surface area contributed by atoms with Crippen molar-refractivity contribution in [3.05, 3.63) is 241 Å². The summed E-state index contributed by atoms with van der Waals surface area (Å²) in [5, 5.41) is 2.43. The second-order valence-corrected chi connectivity index (χ2v) is 14.8. The SMILES string of the molecule is C=C(/C=C(\C=C\c1nc(-c2ccccc2)nc(-c2cc(C/C=C\C=C/C)c(-n3c4ccccc4c4ccccc43)c(-c3ccccc3)c2)n1)c1ccccc1)/C(C)=C/C=C\C. The number of rotatable bonds is 13. The molecule has 0 amide bonds. The molecule has 0 saturated carbocycles. The smallest absolute Gasteiger partial charge is 0.164 e. The fraction of sp³-hybridized carbons (Fsp3) is 0.0702. The van der Waals surface area contributed by atoms with E-state index in [0.29, 0.717) is 23.9 Å². The summed E-state index contributed by atoms with van der Waals surface area (Å²) in [6.45, 7) is 10.5. The van der Waals surface area contributed by atoms with Crippen molar-refractivity contribution >= 4 is 33.5 Å². The van der Waals surface area contributed by atoms with E-state index in [4.69, 9.17) is 15.0 Å². The highest BCUT2D eigenvalue weighted by Gasteiger charge is 2.21. The molecule has 2 aromatic heterocycles. The summed E-state index contributed by atoms with van der Waals surface area (Å²) in [6.07, 6.45) is 21.5. The number of nitrogens with zero attached hydrogens (tertiary/aromatic N) is 4. The standard InChI is InChI=1S/C57H48N4/c1-5-7-9-13-31-47-39-48(40-51(44-27-16-11-17-28-44)55(47)61-52-34-22-20-32-49(52)50-33-21-23-35-53(50)61)57-59-54(58-56(60-57)45-29-18-12-19-30-45)37-36-46(43-25-14-10-15-26-43)38-42(4)41(3)24-8-6-2/h5-30,32-40H,4,31H2,1-3H3/b7-5-,8-6-,13-9-,37-36+,41-24+,46-38+. The van der Waals surface area contributed by atoms with Crippen LogP contribution in [0.4, 0.5) is 0 Å². The van der Waals surface area contributed by atoms with Gasteiger partial charge in [0.15, 0.2) is 17.5 Å². The maximum absolute atomic E-state index is 5.21. The fourth-order valence-electron chi connectivity index (χ4n) is 7.61. The molecule has 8 aromatic rings. The quantitative estimate of drug-likeness (QED) is 0.109. The Morgan fingerprint density at radius 3 is 1.82 bits per heavy atom. The minimum absolute atomic E-state index is 0.555. The third-order valence-electron chi connectivity index (χ3n) is 10.7. The van der Waals surface area contributed by atoms with Gasteiger partial charge in [0.2, 0.25) is 0 Å². The molecule has 61 heavy (non-hydrogen) atoms. The molecule has 0 atom stereocenters. The molecule has 0 aliphatic heterocycles. The Kier molecular flexibility index (Phi) is 12.4. The fourth-order valence-corrected chi connectivity index (χ4v) is 7.61. The Bertz CT molecular complexity index is 2960. The largest absolute Gasteiger partial charge is 0.308 e. The van der Waals surface area contributed by atoms with Gasteiger partial charge < -0.3 is 4.57 Å². The number of hydrogen-bond donors (Lipinski definition) is 0. The van der Waals surface area contributed by atoms with E-state index in [1.54, 1.807) is 0 Å². The second kappa shape index (κ2) is 18.9. The third kappa shape index (κ3) is 9.00. The minimum atomic E-state index is 0.555. The molecular weight excluding hydrogens is 741 g/mol. The molecule has 0 radical (unpaired) electrons. The van der Waals surface area contributed by atoms with Gasteiger partial charge in [-0.25, -0.2) is 15.0 Å². The first-order valence-corrected chi connectivity index (χ1v) is 20.8. The Morgan fingerprint density at radius 1 is 0.607 bits per heavy atom. The molecule has 0 N–H and O–H groups in total. The molecule has 6 aromatic carbocycles. The first-order valence-electron chi connectivity index (χ1n) is 20.8. The molecule has 4 heteroatoms. The van der Waals surface area contributed by atoms with E-state index in [-0.39, 0.29) is 0 Å². The van der Waals surface area contributed by atoms with Crippen LogP contribution in [0.5, 0.6) is 0 Å². The summed E-state index contributed by atoms with van der Waals surface area (Å²) in [7, 11) is 0. The Balaban J connectivity index is 1.36. The molecular formula is C57H48N4. The molecule has 4 nitrogen and oxygen atoms in total. The van der Waals surface area contributed by atoms with Crippen LogP contribution in [0, 0.1) is 0 Å². The first-order chi connectivity index (χ1) is 30.0. The van der Waals surface area contributed by atoms with E-state index in [1.165, 1.54) is 10.8 Å². The van der Waals surface area contributed by atoms with Gasteiger partial charge in [-0.15, -0.1) is 0 Å². The van der Waals surface area contributed by atoms with Crippen LogP contribution >= 0.6 is 0 Å². The maximum Gasteiger partial charge on any atom is 0.164 e. The van der Waals surface area contributed by atoms with Crippen molar-refractivity contribution in [1.29, 1.82) is 0 Å². The molecule has 0 fully saturated rings. The van der Waals surface area contributed by atoms with Crippen LogP contribution in [0.1, 0.15) is 37.7 Å². The van der Waals surface area contributed by atoms with Crippen molar-refractivity contribution < 1.29 is 0 Å². The molecule has 296 valence electrons. The van der Waals surface area contributed by atoms with E-state index >= 15 is 0 Å². The zero-order valence-corrected chi connectivity index (χ0v) is 34.9. The van der Waals surface area contributed by atoms with Crippen LogP contribution in [-0.4, -0.2) is 19.5 Å². The van der Waals surface area contributed by atoms with Gasteiger partial charge in [-0.1, -0.05) is 183 Å². The number of hydrogen-bond acceptors (Lipinski definition) is 3. The van der Waals surface area contributed by atoms with Gasteiger partial charge in [0.05, 0.1) is 16.7 Å². The molecule has 0 aliphatic rings. The summed E-state index contributed by atoms with van der Waals surface area (Å²) in [5.74, 6) is 1.75. The molecule has 0 saturated heterocycles. The number of allylic oxidation sites excluding steroid dienone is 12. The summed E-state index contributed by atoms with van der Waals surface area (Å²) in [6, 6.07) is 53.0. The van der Waals surface area contributed by atoms with Crippen LogP contribution in [0.3, 0.4) is 0 Å². The molecule has 0 spiro atoms. The van der Waals surface area contributed by atoms with Crippen LogP contribution in [0.15, 0.2) is 224 Å². The molecule has 0 aliphatic carbocycles. The van der Waals surface area contributed by atoms with Crippen molar-refractivity contribution in [3.8, 4) is 39.6 Å². The lowest BCUT2D eigenvalue weighted by Crippen LogP contribution is -2.05. The Labute approximate surface area is 359 Å². The lowest BCUT2D eigenvalue weighted by Gasteiger charge is -2.20. The zero-order chi connectivity index (χ0) is 42.0. The van der Waals surface area contributed by atoms with Crippen LogP contribution in [0.25, 0.3) is 73.0 Å². The third-order valence-corrected chi connectivity index (χ3v) is 10.7. The highest BCUT2D eigenvalue weighted by molar-refractivity contribution is 6.10. The first kappa shape index (κ1) is 40.1. The van der Waals surface area contributed by atoms with Gasteiger partial charge >= 0.3 is 0 Å². The van der Waals surface area contributed by atoms with Gasteiger partial charge in [0.25, 0.3) is 0 Å². The highest BCUT2D eigenvalue weighted by Crippen LogP contribution is 2.40. The van der Waals surface area contributed by atoms with E-state index < -0.39 is 0 Å². The van der Waals surface area contributed by atoms with Crippen LogP contribution in [0.2, 0.25) is 0 Å². The number of aromatic nitrogens is 4. The summed E-state index contributed by atoms with van der Waals surface area (Å²) < 4.78 is 2.44. The Hall–Kier alpha value is -7.69. The zero-order valence-electron chi connectivity index (χ0n) is 34.9. The van der Waals surface area contributed by atoms with E-state index in [1.807, 2.05) is 68.5 Å². The van der Waals surface area contributed by atoms with E-state index in [9.17, 15) is 0 Å². The molecule has 8 rings (SSSR count). The van der Waals surface area contributed by atoms with Crippen LogP contribution < -0.4 is 0 Å². The van der Waals surface area contributed by atoms with Gasteiger partial charge in [0, 0.05) is 27.5 Å². The summed E-state index contributed by atoms with van der Waals surface area (Å²) in [4.78, 5) is 15.5. The average Bonchev–Trinajstić information content (AvgIpc) is 3.65. The van der Waals surface area contributed by atoms with E-state index in [0.717, 1.165) is 66.8 Å². The predicted molar refractivity (Wildman–Crippen MR) is 259 cm³/mol. The lowest BCUT2D eigenvalue weighted by molar-refractivity contribution is 1.04. The monoisotopic (exact) mass is 788 g/mol. The number of fused-ring (bicyclic) bond motifs is 3. The minimum Gasteiger partial charge on any atom is -0.308 e. The second-order valence-electron chi connectivity index (χ2n) is 14.8. The molecule has 0 bridgehead atoms. The van der Waals surface area contributed by atoms with Gasteiger partial charge in [-0.05, 0) is 97.0 Å². The normalized spacial score (nSPS) is 12.6. The number of para-hydroxylation sites is 2. The lowest BCUT2D eigenvalue weighted by atomic mass is 9.94. The summed E-state index contributed by atoms with van der Waals surface area (Å²) >= 11 is 0. The Morgan fingerprint density at radius 2 is 1.18 bits per heavy atom. The predicted octanol–water partition coefficient (Wildman–Crippen LogP) is 14.8. The van der Waals surface area contributed by atoms with Gasteiger partial charge in [0.1, 0.15) is 0 Å². The van der Waals surface area contributed by atoms with Crippen LogP contribution in [-0.2, 0) is 6.42 Å². The van der Waals surface area contributed by atoms with Crippen molar-refractivity contribution in [1.82, 2.24) is 19.5 Å². The summed E-state index contributed by atoms with van der Waals surface area (Å²) in [5.41, 5.74) is 12.7. The highest BCUT2D eigenvalue weighted by atomic mass is 15.0. The van der Waals surface area contributed by atoms with E-state index in [2.05, 4.69) is 176 Å². The van der Waals surface area contributed by atoms with Crippen molar-refractivity contribution in [2.24, 2.45) is 0 Å². The molecule has 2 heterocycles. The van der Waals surface area contributed by atoms with Crippen molar-refractivity contribution in [2.45, 2.75) is 27.2 Å². The number of benzene rings is 6. The van der Waals surface area contributed by atoms with Gasteiger partial charge in [-0.3, -0.25) is 0 Å². The van der Waals surface area contributed by atoms with Crippen molar-refractivity contribution in [3.63, 3.8) is 0 Å². The maximum atomic E-state index is 5.21. The topological polar surface area (TPSA) is 43.6 Å². The molecule has 0 unspecified atom stereocenters. The van der Waals surface area contributed by atoms with Crippen molar-refractivity contribution in [2.75, 3.05) is 0 Å². The van der Waals surface area contributed by atoms with Gasteiger partial charge in [-0.2, -0.15) is 0 Å². The average molecular weight is 789 g/mol.